The fourth-order valence-corrected chi connectivity index (χ4v) is 4.84. The predicted molar refractivity (Wildman–Crippen MR) is 156 cm³/mol. The van der Waals surface area contributed by atoms with Gasteiger partial charge in [0.2, 0.25) is 5.75 Å². The summed E-state index contributed by atoms with van der Waals surface area (Å²) in [5.41, 5.74) is 1.38. The third-order valence-electron chi connectivity index (χ3n) is 6.73. The Balaban J connectivity index is 2.27. The van der Waals surface area contributed by atoms with Gasteiger partial charge in [0.15, 0.2) is 23.0 Å². The molecular weight excluding hydrogens is 544 g/mol. The third kappa shape index (κ3) is 5.30. The van der Waals surface area contributed by atoms with E-state index in [0.29, 0.717) is 39.1 Å². The molecule has 0 aromatic heterocycles. The van der Waals surface area contributed by atoms with E-state index < -0.39 is 11.9 Å². The lowest BCUT2D eigenvalue weighted by Gasteiger charge is -2.24. The Morgan fingerprint density at radius 3 is 1.79 bits per heavy atom. The molecule has 0 aliphatic heterocycles. The summed E-state index contributed by atoms with van der Waals surface area (Å²) in [4.78, 5) is 27.2. The highest BCUT2D eigenvalue weighted by atomic mass is 16.5. The molecule has 4 aromatic rings. The minimum absolute atomic E-state index is 0.0737. The van der Waals surface area contributed by atoms with Gasteiger partial charge in [-0.1, -0.05) is 36.4 Å². The summed E-state index contributed by atoms with van der Waals surface area (Å²) in [5.74, 6) is 0.137. The number of hydrogen-bond donors (Lipinski definition) is 0. The van der Waals surface area contributed by atoms with Crippen molar-refractivity contribution in [1.29, 1.82) is 0 Å². The van der Waals surface area contributed by atoms with Crippen LogP contribution in [0.3, 0.4) is 0 Å². The number of ether oxygens (including phenoxy) is 8. The van der Waals surface area contributed by atoms with Gasteiger partial charge in [0.05, 0.1) is 55.3 Å². The Kier molecular flexibility index (Phi) is 9.26. The van der Waals surface area contributed by atoms with Crippen molar-refractivity contribution in [2.24, 2.45) is 0 Å². The van der Waals surface area contributed by atoms with Crippen molar-refractivity contribution in [3.8, 4) is 45.6 Å². The monoisotopic (exact) mass is 576 g/mol. The molecule has 4 aromatic carbocycles. The Labute approximate surface area is 243 Å². The molecule has 0 atom stereocenters. The van der Waals surface area contributed by atoms with E-state index in [0.717, 1.165) is 5.56 Å². The highest BCUT2D eigenvalue weighted by molar-refractivity contribution is 6.20. The normalized spacial score (nSPS) is 10.5. The Hall–Kier alpha value is -5.12. The van der Waals surface area contributed by atoms with Crippen molar-refractivity contribution < 1.29 is 47.5 Å². The second-order valence-electron chi connectivity index (χ2n) is 8.85. The Morgan fingerprint density at radius 2 is 1.21 bits per heavy atom. The Bertz CT molecular complexity index is 1610. The summed E-state index contributed by atoms with van der Waals surface area (Å²) >= 11 is 0. The van der Waals surface area contributed by atoms with Gasteiger partial charge in [-0.2, -0.15) is 0 Å². The molecule has 0 unspecified atom stereocenters. The molecule has 0 aliphatic rings. The molecule has 0 bridgehead atoms. The van der Waals surface area contributed by atoms with Crippen LogP contribution in [-0.2, 0) is 16.1 Å². The maximum Gasteiger partial charge on any atom is 0.342 e. The molecule has 0 N–H and O–H groups in total. The number of esters is 2. The predicted octanol–water partition coefficient (Wildman–Crippen LogP) is 5.70. The lowest BCUT2D eigenvalue weighted by Crippen LogP contribution is -2.17. The van der Waals surface area contributed by atoms with Crippen LogP contribution < -0.4 is 28.4 Å². The SMILES string of the molecule is COC(=O)c1c(C(=O)OC)c(-c2ccc(OC)c(OC)c2)c2c(OC)c(OC)c(OC)cc2c1OCc1ccccc1. The number of carbonyl (C=O) groups is 2. The highest BCUT2D eigenvalue weighted by Gasteiger charge is 2.35. The maximum absolute atomic E-state index is 13.6. The molecule has 0 fully saturated rings. The van der Waals surface area contributed by atoms with Gasteiger partial charge in [-0.25, -0.2) is 9.59 Å². The van der Waals surface area contributed by atoms with E-state index in [4.69, 9.17) is 37.9 Å². The zero-order valence-electron chi connectivity index (χ0n) is 24.5. The van der Waals surface area contributed by atoms with Crippen LogP contribution >= 0.6 is 0 Å². The zero-order valence-corrected chi connectivity index (χ0v) is 24.5. The summed E-state index contributed by atoms with van der Waals surface area (Å²) in [6.45, 7) is 0.0763. The number of benzene rings is 4. The van der Waals surface area contributed by atoms with Crippen molar-refractivity contribution in [2.45, 2.75) is 6.61 Å². The van der Waals surface area contributed by atoms with E-state index in [1.807, 2.05) is 30.3 Å². The van der Waals surface area contributed by atoms with Crippen LogP contribution in [-0.4, -0.2) is 61.7 Å². The molecule has 0 heterocycles. The molecule has 0 saturated carbocycles. The van der Waals surface area contributed by atoms with Crippen molar-refractivity contribution in [3.05, 3.63) is 71.3 Å². The van der Waals surface area contributed by atoms with Crippen molar-refractivity contribution in [1.82, 2.24) is 0 Å². The summed E-state index contributed by atoms with van der Waals surface area (Å²) in [7, 11) is 9.87. The average Bonchev–Trinajstić information content (AvgIpc) is 3.04. The summed E-state index contributed by atoms with van der Waals surface area (Å²) in [6.07, 6.45) is 0. The minimum Gasteiger partial charge on any atom is -0.493 e. The van der Waals surface area contributed by atoms with Crippen LogP contribution in [0.25, 0.3) is 21.9 Å². The second-order valence-corrected chi connectivity index (χ2v) is 8.85. The van der Waals surface area contributed by atoms with E-state index >= 15 is 0 Å². The molecule has 220 valence electrons. The van der Waals surface area contributed by atoms with Crippen LogP contribution in [0, 0.1) is 0 Å². The number of carbonyl (C=O) groups excluding carboxylic acids is 2. The van der Waals surface area contributed by atoms with Crippen LogP contribution in [0.5, 0.6) is 34.5 Å². The Morgan fingerprint density at radius 1 is 0.595 bits per heavy atom. The van der Waals surface area contributed by atoms with Gasteiger partial charge in [0.25, 0.3) is 0 Å². The second kappa shape index (κ2) is 13.0. The number of hydrogen-bond acceptors (Lipinski definition) is 10. The fourth-order valence-electron chi connectivity index (χ4n) is 4.84. The molecular formula is C32H32O10. The molecule has 0 radical (unpaired) electrons. The zero-order chi connectivity index (χ0) is 30.4. The first-order valence-electron chi connectivity index (χ1n) is 12.8. The van der Waals surface area contributed by atoms with Gasteiger partial charge in [-0.15, -0.1) is 0 Å². The minimum atomic E-state index is -0.809. The number of rotatable bonds is 11. The van der Waals surface area contributed by atoms with Gasteiger partial charge in [0.1, 0.15) is 17.9 Å². The first-order chi connectivity index (χ1) is 20.4. The van der Waals surface area contributed by atoms with Crippen molar-refractivity contribution in [2.75, 3.05) is 49.8 Å². The summed E-state index contributed by atoms with van der Waals surface area (Å²) in [6, 6.07) is 16.1. The molecule has 10 heteroatoms. The van der Waals surface area contributed by atoms with Gasteiger partial charge in [-0.3, -0.25) is 0 Å². The van der Waals surface area contributed by atoms with Crippen LogP contribution in [0.4, 0.5) is 0 Å². The highest BCUT2D eigenvalue weighted by Crippen LogP contribution is 2.53. The van der Waals surface area contributed by atoms with Gasteiger partial charge < -0.3 is 37.9 Å². The molecule has 10 nitrogen and oxygen atoms in total. The van der Waals surface area contributed by atoms with E-state index in [2.05, 4.69) is 0 Å². The quantitative estimate of drug-likeness (QED) is 0.206. The molecule has 4 rings (SSSR count). The molecule has 42 heavy (non-hydrogen) atoms. The molecule has 0 aliphatic carbocycles. The van der Waals surface area contributed by atoms with Crippen LogP contribution in [0.1, 0.15) is 26.3 Å². The molecule has 0 amide bonds. The van der Waals surface area contributed by atoms with Gasteiger partial charge >= 0.3 is 11.9 Å². The van der Waals surface area contributed by atoms with E-state index in [9.17, 15) is 9.59 Å². The number of fused-ring (bicyclic) bond motifs is 1. The number of methoxy groups -OCH3 is 7. The molecule has 0 saturated heterocycles. The van der Waals surface area contributed by atoms with Crippen molar-refractivity contribution in [3.63, 3.8) is 0 Å². The standard InChI is InChI=1S/C32H32O10/c1-35-21-14-13-19(15-22(21)36-2)24-25-20(16-23(37-3)29(38-4)30(25)39-5)28(42-17-18-11-9-8-10-12-18)27(32(34)41-7)26(24)31(33)40-6/h8-16H,17H2,1-7H3. The fraction of sp³-hybridized carbons (Fsp3) is 0.250. The third-order valence-corrected chi connectivity index (χ3v) is 6.73. The molecule has 0 spiro atoms. The maximum atomic E-state index is 13.6. The average molecular weight is 577 g/mol. The van der Waals surface area contributed by atoms with Crippen molar-refractivity contribution >= 4 is 22.7 Å². The first-order valence-corrected chi connectivity index (χ1v) is 12.8. The van der Waals surface area contributed by atoms with Crippen LogP contribution in [0.2, 0.25) is 0 Å². The summed E-state index contributed by atoms with van der Waals surface area (Å²) < 4.78 is 44.9. The van der Waals surface area contributed by atoms with Gasteiger partial charge in [0, 0.05) is 16.3 Å². The van der Waals surface area contributed by atoms with Gasteiger partial charge in [-0.05, 0) is 29.3 Å². The van der Waals surface area contributed by atoms with E-state index in [1.54, 1.807) is 24.3 Å². The topological polar surface area (TPSA) is 108 Å². The first kappa shape index (κ1) is 29.9. The lowest BCUT2D eigenvalue weighted by molar-refractivity contribution is 0.0552. The largest absolute Gasteiger partial charge is 0.493 e. The summed E-state index contributed by atoms with van der Waals surface area (Å²) in [5, 5.41) is 0.803. The van der Waals surface area contributed by atoms with E-state index in [1.165, 1.54) is 49.8 Å². The smallest absolute Gasteiger partial charge is 0.342 e. The lowest BCUT2D eigenvalue weighted by atomic mass is 9.87. The van der Waals surface area contributed by atoms with E-state index in [-0.39, 0.29) is 35.0 Å². The van der Waals surface area contributed by atoms with Crippen LogP contribution in [0.15, 0.2) is 54.6 Å².